The van der Waals surface area contributed by atoms with Gasteiger partial charge in [-0.05, 0) is 30.9 Å². The van der Waals surface area contributed by atoms with E-state index in [0.29, 0.717) is 24.4 Å². The fourth-order valence-electron chi connectivity index (χ4n) is 3.04. The van der Waals surface area contributed by atoms with Crippen LogP contribution in [0.4, 0.5) is 8.78 Å². The third-order valence-corrected chi connectivity index (χ3v) is 4.42. The summed E-state index contributed by atoms with van der Waals surface area (Å²) in [6.45, 7) is 1.15. The topological polar surface area (TPSA) is 66.3 Å². The number of aryl methyl sites for hydroxylation is 1. The lowest BCUT2D eigenvalue weighted by Crippen LogP contribution is -2.38. The summed E-state index contributed by atoms with van der Waals surface area (Å²) in [5.74, 6) is -0.541. The number of aromatic amines is 1. The Hall–Kier alpha value is -2.44. The molecule has 1 aliphatic heterocycles. The second-order valence-corrected chi connectivity index (χ2v) is 6.01. The number of H-pyrrole nitrogens is 1. The molecule has 1 aromatic heterocycles. The van der Waals surface area contributed by atoms with Crippen molar-refractivity contribution in [3.8, 4) is 0 Å². The van der Waals surface area contributed by atoms with E-state index in [-0.39, 0.29) is 30.2 Å². The van der Waals surface area contributed by atoms with E-state index in [1.54, 1.807) is 4.90 Å². The molecule has 0 spiro atoms. The first-order chi connectivity index (χ1) is 11.5. The molecule has 2 aromatic rings. The van der Waals surface area contributed by atoms with Crippen LogP contribution in [0.15, 0.2) is 33.6 Å². The maximum atomic E-state index is 13.6. The molecular formula is C17H18F2N2O3. The molecule has 0 bridgehead atoms. The Kier molecular flexibility index (Phi) is 4.78. The quantitative estimate of drug-likeness (QED) is 0.933. The summed E-state index contributed by atoms with van der Waals surface area (Å²) in [6, 6.07) is 4.84. The van der Waals surface area contributed by atoms with E-state index in [1.807, 2.05) is 0 Å². The first-order valence-corrected chi connectivity index (χ1v) is 7.93. The molecule has 1 amide bonds. The van der Waals surface area contributed by atoms with Gasteiger partial charge in [-0.15, -0.1) is 0 Å². The zero-order chi connectivity index (χ0) is 17.1. The summed E-state index contributed by atoms with van der Waals surface area (Å²) in [5.41, 5.74) is 0.0820. The Morgan fingerprint density at radius 1 is 1.25 bits per heavy atom. The monoisotopic (exact) mass is 336 g/mol. The molecule has 0 radical (unpaired) electrons. The van der Waals surface area contributed by atoms with Crippen molar-refractivity contribution in [2.24, 2.45) is 0 Å². The summed E-state index contributed by atoms with van der Waals surface area (Å²) >= 11 is 0. The summed E-state index contributed by atoms with van der Waals surface area (Å²) in [7, 11) is 0. The minimum absolute atomic E-state index is 0.0484. The number of rotatable bonds is 4. The second kappa shape index (κ2) is 6.98. The lowest BCUT2D eigenvalue weighted by atomic mass is 9.94. The molecule has 1 N–H and O–H groups in total. The first-order valence-electron chi connectivity index (χ1n) is 7.93. The van der Waals surface area contributed by atoms with Gasteiger partial charge in [-0.25, -0.2) is 8.78 Å². The predicted molar refractivity (Wildman–Crippen MR) is 82.6 cm³/mol. The van der Waals surface area contributed by atoms with E-state index in [9.17, 15) is 18.4 Å². The normalized spacial score (nSPS) is 15.7. The van der Waals surface area contributed by atoms with Gasteiger partial charge in [0.15, 0.2) is 0 Å². The van der Waals surface area contributed by atoms with Crippen molar-refractivity contribution in [1.29, 1.82) is 0 Å². The number of likely N-dealkylation sites (tertiary alicyclic amines) is 1. The van der Waals surface area contributed by atoms with E-state index in [4.69, 9.17) is 4.52 Å². The van der Waals surface area contributed by atoms with Crippen LogP contribution in [0.25, 0.3) is 0 Å². The van der Waals surface area contributed by atoms with Crippen LogP contribution in [-0.2, 0) is 11.2 Å². The number of hydrogen-bond acceptors (Lipinski definition) is 3. The highest BCUT2D eigenvalue weighted by molar-refractivity contribution is 5.76. The number of benzene rings is 1. The average molecular weight is 336 g/mol. The van der Waals surface area contributed by atoms with Crippen molar-refractivity contribution in [1.82, 2.24) is 10.1 Å². The molecular weight excluding hydrogens is 318 g/mol. The van der Waals surface area contributed by atoms with Gasteiger partial charge >= 0.3 is 0 Å². The maximum Gasteiger partial charge on any atom is 0.280 e. The molecule has 0 unspecified atom stereocenters. The minimum atomic E-state index is -0.624. The van der Waals surface area contributed by atoms with Gasteiger partial charge in [-0.1, -0.05) is 6.07 Å². The Labute approximate surface area is 137 Å². The number of nitrogens with zero attached hydrogens (tertiary/aromatic N) is 1. The number of aromatic nitrogens is 1. The van der Waals surface area contributed by atoms with Gasteiger partial charge in [0, 0.05) is 37.6 Å². The predicted octanol–water partition coefficient (Wildman–Crippen LogP) is 2.58. The lowest BCUT2D eigenvalue weighted by Gasteiger charge is -2.31. The maximum absolute atomic E-state index is 13.6. The molecule has 7 heteroatoms. The highest BCUT2D eigenvalue weighted by atomic mass is 19.1. The number of carbonyl (C=O) groups excluding carboxylic acids is 1. The SMILES string of the molecule is O=C(CCc1ccc(F)cc1F)N1CCC(c2cc(=O)[nH]o2)CC1. The molecule has 5 nitrogen and oxygen atoms in total. The number of amides is 1. The van der Waals surface area contributed by atoms with Crippen molar-refractivity contribution in [2.45, 2.75) is 31.6 Å². The third-order valence-electron chi connectivity index (χ3n) is 4.42. The van der Waals surface area contributed by atoms with Crippen LogP contribution in [-0.4, -0.2) is 29.1 Å². The van der Waals surface area contributed by atoms with E-state index in [1.165, 1.54) is 18.2 Å². The summed E-state index contributed by atoms with van der Waals surface area (Å²) in [5, 5.41) is 2.27. The van der Waals surface area contributed by atoms with Crippen molar-refractivity contribution in [3.05, 3.63) is 57.6 Å². The largest absolute Gasteiger partial charge is 0.383 e. The molecule has 128 valence electrons. The zero-order valence-electron chi connectivity index (χ0n) is 13.1. The minimum Gasteiger partial charge on any atom is -0.383 e. The van der Waals surface area contributed by atoms with E-state index in [0.717, 1.165) is 18.9 Å². The van der Waals surface area contributed by atoms with Gasteiger partial charge in [-0.2, -0.15) is 5.16 Å². The fourth-order valence-corrected chi connectivity index (χ4v) is 3.04. The Balaban J connectivity index is 1.51. The van der Waals surface area contributed by atoms with Crippen molar-refractivity contribution < 1.29 is 18.1 Å². The molecule has 0 aliphatic carbocycles. The highest BCUT2D eigenvalue weighted by Crippen LogP contribution is 2.27. The number of halogens is 2. The van der Waals surface area contributed by atoms with Gasteiger partial charge in [0.05, 0.1) is 0 Å². The van der Waals surface area contributed by atoms with Gasteiger partial charge in [0.2, 0.25) is 5.91 Å². The molecule has 1 aliphatic rings. The van der Waals surface area contributed by atoms with E-state index < -0.39 is 11.6 Å². The van der Waals surface area contributed by atoms with E-state index >= 15 is 0 Å². The number of nitrogens with one attached hydrogen (secondary N) is 1. The van der Waals surface area contributed by atoms with Crippen LogP contribution >= 0.6 is 0 Å². The van der Waals surface area contributed by atoms with Crippen LogP contribution in [0.5, 0.6) is 0 Å². The number of piperidine rings is 1. The van der Waals surface area contributed by atoms with Crippen molar-refractivity contribution in [2.75, 3.05) is 13.1 Å². The lowest BCUT2D eigenvalue weighted by molar-refractivity contribution is -0.132. The summed E-state index contributed by atoms with van der Waals surface area (Å²) < 4.78 is 31.6. The van der Waals surface area contributed by atoms with Crippen LogP contribution in [0.3, 0.4) is 0 Å². The Morgan fingerprint density at radius 3 is 2.62 bits per heavy atom. The summed E-state index contributed by atoms with van der Waals surface area (Å²) in [6.07, 6.45) is 1.87. The van der Waals surface area contributed by atoms with Gasteiger partial charge in [0.1, 0.15) is 17.4 Å². The van der Waals surface area contributed by atoms with Crippen LogP contribution in [0.2, 0.25) is 0 Å². The zero-order valence-corrected chi connectivity index (χ0v) is 13.1. The van der Waals surface area contributed by atoms with E-state index in [2.05, 4.69) is 5.16 Å². The van der Waals surface area contributed by atoms with Crippen molar-refractivity contribution >= 4 is 5.91 Å². The smallest absolute Gasteiger partial charge is 0.280 e. The van der Waals surface area contributed by atoms with Gasteiger partial charge in [-0.3, -0.25) is 9.59 Å². The Bertz CT molecular complexity index is 776. The molecule has 24 heavy (non-hydrogen) atoms. The third kappa shape index (κ3) is 3.72. The fraction of sp³-hybridized carbons (Fsp3) is 0.412. The molecule has 2 heterocycles. The van der Waals surface area contributed by atoms with Gasteiger partial charge in [0.25, 0.3) is 5.56 Å². The van der Waals surface area contributed by atoms with Crippen molar-refractivity contribution in [3.63, 3.8) is 0 Å². The number of carbonyl (C=O) groups is 1. The summed E-state index contributed by atoms with van der Waals surface area (Å²) in [4.78, 5) is 25.1. The van der Waals surface area contributed by atoms with Crippen LogP contribution in [0.1, 0.15) is 36.5 Å². The molecule has 1 saturated heterocycles. The second-order valence-electron chi connectivity index (χ2n) is 6.01. The molecule has 0 saturated carbocycles. The average Bonchev–Trinajstić information content (AvgIpc) is 3.00. The number of hydrogen-bond donors (Lipinski definition) is 1. The Morgan fingerprint density at radius 2 is 2.00 bits per heavy atom. The molecule has 3 rings (SSSR count). The molecule has 1 fully saturated rings. The first kappa shape index (κ1) is 16.4. The highest BCUT2D eigenvalue weighted by Gasteiger charge is 2.26. The van der Waals surface area contributed by atoms with Crippen LogP contribution < -0.4 is 5.56 Å². The molecule has 1 aromatic carbocycles. The van der Waals surface area contributed by atoms with Gasteiger partial charge < -0.3 is 9.42 Å². The van der Waals surface area contributed by atoms with Crippen LogP contribution in [0, 0.1) is 11.6 Å². The molecule has 0 atom stereocenters. The standard InChI is InChI=1S/C17H18F2N2O3/c18-13-3-1-11(14(19)9-13)2-4-17(23)21-7-5-12(6-8-21)15-10-16(22)20-24-15/h1,3,9-10,12H,2,4-8H2,(H,20,22).